The summed E-state index contributed by atoms with van der Waals surface area (Å²) < 4.78 is 34.1. The predicted molar refractivity (Wildman–Crippen MR) is 163 cm³/mol. The Labute approximate surface area is 248 Å². The van der Waals surface area contributed by atoms with Gasteiger partial charge in [0.05, 0.1) is 38.6 Å². The van der Waals surface area contributed by atoms with Crippen molar-refractivity contribution in [1.82, 2.24) is 0 Å². The number of epoxide rings is 2. The van der Waals surface area contributed by atoms with Gasteiger partial charge in [-0.1, -0.05) is 72.8 Å². The predicted octanol–water partition coefficient (Wildman–Crippen LogP) is 7.09. The van der Waals surface area contributed by atoms with E-state index < -0.39 is 0 Å². The van der Waals surface area contributed by atoms with Crippen molar-refractivity contribution in [2.75, 3.05) is 26.4 Å². The van der Waals surface area contributed by atoms with E-state index in [2.05, 4.69) is 86.6 Å². The molecule has 4 unspecified atom stereocenters. The van der Waals surface area contributed by atoms with Crippen molar-refractivity contribution in [1.29, 1.82) is 0 Å². The van der Waals surface area contributed by atoms with Crippen LogP contribution in [0, 0.1) is 0 Å². The van der Waals surface area contributed by atoms with Crippen LogP contribution in [0.1, 0.15) is 25.0 Å². The molecule has 0 aromatic heterocycles. The first-order valence-electron chi connectivity index (χ1n) is 14.7. The van der Waals surface area contributed by atoms with Crippen molar-refractivity contribution < 1.29 is 28.4 Å². The fraction of sp³-hybridized carbons (Fsp3) is 0.333. The van der Waals surface area contributed by atoms with Crippen LogP contribution in [0.4, 0.5) is 0 Å². The molecule has 6 nitrogen and oxygen atoms in total. The largest absolute Gasteiger partial charge is 0.491 e. The lowest BCUT2D eigenvalue weighted by Gasteiger charge is -2.21. The lowest BCUT2D eigenvalue weighted by Crippen LogP contribution is -2.26. The Morgan fingerprint density at radius 1 is 0.524 bits per heavy atom. The third kappa shape index (κ3) is 8.20. The van der Waals surface area contributed by atoms with E-state index in [0.717, 1.165) is 58.1 Å². The van der Waals surface area contributed by atoms with E-state index in [1.54, 1.807) is 0 Å². The molecule has 6 heteroatoms. The lowest BCUT2D eigenvalue weighted by molar-refractivity contribution is -0.0686. The third-order valence-corrected chi connectivity index (χ3v) is 7.65. The number of rotatable bonds is 15. The zero-order chi connectivity index (χ0) is 28.7. The summed E-state index contributed by atoms with van der Waals surface area (Å²) in [5, 5.41) is 0. The molecule has 2 aliphatic heterocycles. The molecule has 0 radical (unpaired) electrons. The van der Waals surface area contributed by atoms with Crippen molar-refractivity contribution in [2.45, 2.75) is 51.5 Å². The molecule has 6 rings (SSSR count). The summed E-state index contributed by atoms with van der Waals surface area (Å²) in [5.74, 6) is 1.74. The minimum atomic E-state index is -0.0373. The Morgan fingerprint density at radius 3 is 1.14 bits per heavy atom. The Balaban J connectivity index is 0.921. The molecule has 2 aliphatic rings. The maximum absolute atomic E-state index is 6.14. The van der Waals surface area contributed by atoms with E-state index in [1.807, 2.05) is 24.3 Å². The minimum absolute atomic E-state index is 0.0373. The molecule has 218 valence electrons. The number of ether oxygens (including phenoxy) is 6. The van der Waals surface area contributed by atoms with E-state index >= 15 is 0 Å². The molecule has 0 amide bonds. The van der Waals surface area contributed by atoms with Crippen LogP contribution >= 0.6 is 0 Å². The van der Waals surface area contributed by atoms with Gasteiger partial charge in [-0.05, 0) is 71.5 Å². The zero-order valence-corrected chi connectivity index (χ0v) is 24.2. The summed E-state index contributed by atoms with van der Waals surface area (Å²) in [6, 6.07) is 33.4. The summed E-state index contributed by atoms with van der Waals surface area (Å²) >= 11 is 0. The van der Waals surface area contributed by atoms with E-state index in [0.29, 0.717) is 26.4 Å². The Hall–Kier alpha value is -3.68. The molecule has 0 aliphatic carbocycles. The maximum Gasteiger partial charge on any atom is 0.119 e. The van der Waals surface area contributed by atoms with Gasteiger partial charge in [0.25, 0.3) is 0 Å². The summed E-state index contributed by atoms with van der Waals surface area (Å²) in [5.41, 5.74) is 6.91. The zero-order valence-electron chi connectivity index (χ0n) is 24.2. The molecule has 0 saturated carbocycles. The van der Waals surface area contributed by atoms with Crippen molar-refractivity contribution in [2.24, 2.45) is 0 Å². The average molecular weight is 567 g/mol. The fourth-order valence-corrected chi connectivity index (χ4v) is 4.51. The number of benzene rings is 4. The summed E-state index contributed by atoms with van der Waals surface area (Å²) in [7, 11) is 0. The summed E-state index contributed by atoms with van der Waals surface area (Å²) in [4.78, 5) is 0. The van der Waals surface area contributed by atoms with Gasteiger partial charge in [-0.25, -0.2) is 0 Å². The van der Waals surface area contributed by atoms with Gasteiger partial charge in [-0.2, -0.15) is 0 Å². The second kappa shape index (κ2) is 13.5. The van der Waals surface area contributed by atoms with Gasteiger partial charge in [-0.15, -0.1) is 0 Å². The normalized spacial score (nSPS) is 18.7. The van der Waals surface area contributed by atoms with Gasteiger partial charge in [0.2, 0.25) is 0 Å². The summed E-state index contributed by atoms with van der Waals surface area (Å²) in [6.45, 7) is 8.05. The van der Waals surface area contributed by atoms with Crippen LogP contribution in [0.25, 0.3) is 22.3 Å². The molecule has 2 fully saturated rings. The summed E-state index contributed by atoms with van der Waals surface area (Å²) in [6.07, 6.45) is 0.450. The fourth-order valence-electron chi connectivity index (χ4n) is 4.51. The Bertz CT molecular complexity index is 1280. The van der Waals surface area contributed by atoms with Crippen molar-refractivity contribution in [3.8, 4) is 33.8 Å². The van der Waals surface area contributed by atoms with Gasteiger partial charge in [0.15, 0.2) is 0 Å². The van der Waals surface area contributed by atoms with Crippen LogP contribution in [0.5, 0.6) is 11.5 Å². The van der Waals surface area contributed by atoms with Gasteiger partial charge < -0.3 is 28.4 Å². The van der Waals surface area contributed by atoms with Crippen LogP contribution in [0.2, 0.25) is 0 Å². The highest BCUT2D eigenvalue weighted by Gasteiger charge is 2.23. The standard InChI is InChI=1S/C36H38O6/c1-25(37-19-27-3-7-29(8-4-27)31-11-15-33(16-12-31)39-21-35-23-41-35)26(2)38-20-28-5-9-30(10-6-28)32-13-17-34(18-14-32)40-22-36-24-42-36/h3-18,25-26,35-36H,19-24H2,1-2H3. The Kier molecular flexibility index (Phi) is 9.16. The van der Waals surface area contributed by atoms with Crippen LogP contribution in [-0.2, 0) is 32.2 Å². The first kappa shape index (κ1) is 28.4. The molecule has 4 aromatic carbocycles. The quantitative estimate of drug-likeness (QED) is 0.143. The van der Waals surface area contributed by atoms with Crippen LogP contribution in [0.15, 0.2) is 97.1 Å². The van der Waals surface area contributed by atoms with Crippen molar-refractivity contribution in [3.63, 3.8) is 0 Å². The highest BCUT2D eigenvalue weighted by atomic mass is 16.6. The highest BCUT2D eigenvalue weighted by Crippen LogP contribution is 2.26. The molecule has 4 atom stereocenters. The number of hydrogen-bond donors (Lipinski definition) is 0. The van der Waals surface area contributed by atoms with Crippen LogP contribution in [0.3, 0.4) is 0 Å². The number of hydrogen-bond acceptors (Lipinski definition) is 6. The molecule has 0 bridgehead atoms. The topological polar surface area (TPSA) is 62.0 Å². The Morgan fingerprint density at radius 2 is 0.833 bits per heavy atom. The van der Waals surface area contributed by atoms with Gasteiger partial charge in [0, 0.05) is 0 Å². The van der Waals surface area contributed by atoms with Crippen molar-refractivity contribution >= 4 is 0 Å². The molecule has 0 N–H and O–H groups in total. The first-order chi connectivity index (χ1) is 20.6. The smallest absolute Gasteiger partial charge is 0.119 e. The van der Waals surface area contributed by atoms with E-state index in [4.69, 9.17) is 28.4 Å². The molecule has 0 spiro atoms. The third-order valence-electron chi connectivity index (χ3n) is 7.65. The van der Waals surface area contributed by atoms with Gasteiger partial charge in [0.1, 0.15) is 36.9 Å². The monoisotopic (exact) mass is 566 g/mol. The van der Waals surface area contributed by atoms with Gasteiger partial charge >= 0.3 is 0 Å². The second-order valence-electron chi connectivity index (χ2n) is 11.0. The SMILES string of the molecule is CC(OCc1ccc(-c2ccc(OCC3CO3)cc2)cc1)C(C)OCc1ccc(-c2ccc(OCC3CO3)cc2)cc1. The molecule has 2 heterocycles. The maximum atomic E-state index is 6.14. The average Bonchev–Trinajstić information content (AvgIpc) is 3.98. The minimum Gasteiger partial charge on any atom is -0.491 e. The molecule has 42 heavy (non-hydrogen) atoms. The van der Waals surface area contributed by atoms with Crippen LogP contribution < -0.4 is 9.47 Å². The van der Waals surface area contributed by atoms with Crippen LogP contribution in [-0.4, -0.2) is 50.8 Å². The van der Waals surface area contributed by atoms with Gasteiger partial charge in [-0.3, -0.25) is 0 Å². The molecule has 2 saturated heterocycles. The molecular weight excluding hydrogens is 528 g/mol. The lowest BCUT2D eigenvalue weighted by atomic mass is 10.0. The molecular formula is C36H38O6. The second-order valence-corrected chi connectivity index (χ2v) is 11.0. The van der Waals surface area contributed by atoms with E-state index in [9.17, 15) is 0 Å². The highest BCUT2D eigenvalue weighted by molar-refractivity contribution is 5.65. The molecule has 4 aromatic rings. The van der Waals surface area contributed by atoms with E-state index in [1.165, 1.54) is 0 Å². The van der Waals surface area contributed by atoms with Crippen molar-refractivity contribution in [3.05, 3.63) is 108 Å². The first-order valence-corrected chi connectivity index (χ1v) is 14.7. The van der Waals surface area contributed by atoms with E-state index in [-0.39, 0.29) is 24.4 Å².